The third-order valence-corrected chi connectivity index (χ3v) is 5.08. The molecule has 1 aromatic carbocycles. The molecule has 0 bridgehead atoms. The maximum Gasteiger partial charge on any atom is 0.317 e. The zero-order chi connectivity index (χ0) is 18.0. The van der Waals surface area contributed by atoms with Crippen molar-refractivity contribution in [2.75, 3.05) is 31.1 Å². The predicted molar refractivity (Wildman–Crippen MR) is 92.4 cm³/mol. The van der Waals surface area contributed by atoms with E-state index in [1.807, 2.05) is 24.3 Å². The van der Waals surface area contributed by atoms with Gasteiger partial charge in [0.25, 0.3) is 0 Å². The van der Waals surface area contributed by atoms with Crippen molar-refractivity contribution in [1.29, 1.82) is 0 Å². The molecule has 3 rings (SSSR count). The maximum atomic E-state index is 12.5. The number of hydrogen-bond acceptors (Lipinski definition) is 3. The molecule has 0 spiro atoms. The van der Waals surface area contributed by atoms with Gasteiger partial charge in [0.2, 0.25) is 5.91 Å². The van der Waals surface area contributed by atoms with Gasteiger partial charge in [-0.1, -0.05) is 18.2 Å². The molecule has 1 unspecified atom stereocenters. The molecular weight excluding hydrogens is 322 g/mol. The van der Waals surface area contributed by atoms with Gasteiger partial charge >= 0.3 is 12.0 Å². The highest BCUT2D eigenvalue weighted by atomic mass is 16.4. The van der Waals surface area contributed by atoms with Gasteiger partial charge in [-0.05, 0) is 37.8 Å². The van der Waals surface area contributed by atoms with Gasteiger partial charge in [-0.15, -0.1) is 0 Å². The number of urea groups is 1. The van der Waals surface area contributed by atoms with Gasteiger partial charge in [-0.25, -0.2) is 4.79 Å². The quantitative estimate of drug-likeness (QED) is 0.868. The number of amides is 3. The fraction of sp³-hybridized carbons (Fsp3) is 0.500. The summed E-state index contributed by atoms with van der Waals surface area (Å²) in [6.45, 7) is 2.74. The lowest BCUT2D eigenvalue weighted by Crippen LogP contribution is -2.46. The van der Waals surface area contributed by atoms with E-state index in [0.29, 0.717) is 19.5 Å². The molecule has 1 saturated heterocycles. The lowest BCUT2D eigenvalue weighted by Gasteiger charge is -2.29. The smallest absolute Gasteiger partial charge is 0.317 e. The molecule has 3 amide bonds. The number of hydrogen-bond donors (Lipinski definition) is 2. The Morgan fingerprint density at radius 1 is 1.24 bits per heavy atom. The van der Waals surface area contributed by atoms with Crippen LogP contribution in [0.5, 0.6) is 0 Å². The Hall–Kier alpha value is -2.57. The highest BCUT2D eigenvalue weighted by molar-refractivity contribution is 5.97. The van der Waals surface area contributed by atoms with Crippen LogP contribution in [0.3, 0.4) is 0 Å². The van der Waals surface area contributed by atoms with E-state index in [1.54, 1.807) is 11.8 Å². The molecule has 0 radical (unpaired) electrons. The number of aliphatic carboxylic acids is 1. The summed E-state index contributed by atoms with van der Waals surface area (Å²) >= 11 is 0. The van der Waals surface area contributed by atoms with Crippen molar-refractivity contribution in [2.45, 2.75) is 26.2 Å². The minimum atomic E-state index is -0.910. The first-order valence-corrected chi connectivity index (χ1v) is 8.55. The molecular formula is C18H23N3O4. The summed E-state index contributed by atoms with van der Waals surface area (Å²) in [5.74, 6) is -1.05. The minimum absolute atomic E-state index is 0.0898. The Bertz CT molecular complexity index is 705. The molecule has 134 valence electrons. The second-order valence-electron chi connectivity index (χ2n) is 6.97. The van der Waals surface area contributed by atoms with Gasteiger partial charge in [-0.2, -0.15) is 0 Å². The molecule has 0 saturated carbocycles. The summed E-state index contributed by atoms with van der Waals surface area (Å²) in [6.07, 6.45) is 2.27. The second-order valence-corrected chi connectivity index (χ2v) is 6.97. The Balaban J connectivity index is 1.57. The van der Waals surface area contributed by atoms with Crippen molar-refractivity contribution >= 4 is 23.6 Å². The van der Waals surface area contributed by atoms with E-state index < -0.39 is 11.4 Å². The molecule has 2 N–H and O–H groups in total. The number of carboxylic acid groups (broad SMARTS) is 1. The number of aryl methyl sites for hydroxylation is 1. The van der Waals surface area contributed by atoms with Crippen LogP contribution in [0.25, 0.3) is 0 Å². The molecule has 7 nitrogen and oxygen atoms in total. The normalized spacial score (nSPS) is 22.4. The predicted octanol–water partition coefficient (Wildman–Crippen LogP) is 1.47. The molecule has 7 heteroatoms. The number of carbonyl (C=O) groups is 3. The third kappa shape index (κ3) is 3.45. The highest BCUT2D eigenvalue weighted by Crippen LogP contribution is 2.30. The van der Waals surface area contributed by atoms with E-state index in [-0.39, 0.29) is 25.0 Å². The van der Waals surface area contributed by atoms with Crippen molar-refractivity contribution in [3.8, 4) is 0 Å². The zero-order valence-corrected chi connectivity index (χ0v) is 14.3. The average molecular weight is 345 g/mol. The number of para-hydroxylation sites is 1. The number of nitrogens with zero attached hydrogens (tertiary/aromatic N) is 2. The third-order valence-electron chi connectivity index (χ3n) is 5.08. The number of anilines is 1. The number of benzene rings is 1. The minimum Gasteiger partial charge on any atom is -0.481 e. The van der Waals surface area contributed by atoms with Crippen molar-refractivity contribution in [2.24, 2.45) is 5.41 Å². The second kappa shape index (κ2) is 6.74. The molecule has 2 heterocycles. The SMILES string of the molecule is CC1(C(=O)O)CCN(C(=O)NCC(=O)N2CCCc3ccccc32)C1. The molecule has 2 aliphatic rings. The maximum absolute atomic E-state index is 12.5. The topological polar surface area (TPSA) is 90.0 Å². The van der Waals surface area contributed by atoms with Crippen molar-refractivity contribution in [3.05, 3.63) is 29.8 Å². The lowest BCUT2D eigenvalue weighted by atomic mass is 9.90. The number of likely N-dealkylation sites (tertiary alicyclic amines) is 1. The van der Waals surface area contributed by atoms with Gasteiger partial charge in [0.05, 0.1) is 12.0 Å². The molecule has 1 fully saturated rings. The summed E-state index contributed by atoms with van der Waals surface area (Å²) in [7, 11) is 0. The van der Waals surface area contributed by atoms with Crippen LogP contribution in [-0.2, 0) is 16.0 Å². The van der Waals surface area contributed by atoms with E-state index in [0.717, 1.165) is 24.1 Å². The summed E-state index contributed by atoms with van der Waals surface area (Å²) in [5, 5.41) is 11.9. The molecule has 0 aromatic heterocycles. The van der Waals surface area contributed by atoms with Crippen LogP contribution < -0.4 is 10.2 Å². The van der Waals surface area contributed by atoms with Crippen LogP contribution in [0.15, 0.2) is 24.3 Å². The van der Waals surface area contributed by atoms with Crippen LogP contribution >= 0.6 is 0 Å². The monoisotopic (exact) mass is 345 g/mol. The van der Waals surface area contributed by atoms with Crippen LogP contribution in [0.4, 0.5) is 10.5 Å². The standard InChI is InChI=1S/C18H23N3O4/c1-18(16(23)24)8-10-20(12-18)17(25)19-11-15(22)21-9-4-6-13-5-2-3-7-14(13)21/h2-3,5,7H,4,6,8-12H2,1H3,(H,19,25)(H,23,24). The first-order chi connectivity index (χ1) is 11.9. The summed E-state index contributed by atoms with van der Waals surface area (Å²) < 4.78 is 0. The van der Waals surface area contributed by atoms with Crippen LogP contribution in [0.1, 0.15) is 25.3 Å². The number of nitrogens with one attached hydrogen (secondary N) is 1. The molecule has 2 aliphatic heterocycles. The largest absolute Gasteiger partial charge is 0.481 e. The molecule has 0 aliphatic carbocycles. The molecule has 1 aromatic rings. The molecule has 1 atom stereocenters. The van der Waals surface area contributed by atoms with Crippen molar-refractivity contribution < 1.29 is 19.5 Å². The van der Waals surface area contributed by atoms with Gasteiger partial charge in [0.15, 0.2) is 0 Å². The number of carboxylic acids is 1. The molecule has 25 heavy (non-hydrogen) atoms. The van der Waals surface area contributed by atoms with E-state index in [2.05, 4.69) is 5.32 Å². The van der Waals surface area contributed by atoms with Crippen LogP contribution in [0.2, 0.25) is 0 Å². The van der Waals surface area contributed by atoms with Crippen molar-refractivity contribution in [1.82, 2.24) is 10.2 Å². The van der Waals surface area contributed by atoms with E-state index in [4.69, 9.17) is 0 Å². The first-order valence-electron chi connectivity index (χ1n) is 8.55. The number of fused-ring (bicyclic) bond motifs is 1. The summed E-state index contributed by atoms with van der Waals surface area (Å²) in [5.41, 5.74) is 1.14. The van der Waals surface area contributed by atoms with E-state index in [1.165, 1.54) is 4.90 Å². The summed E-state index contributed by atoms with van der Waals surface area (Å²) in [6, 6.07) is 7.42. The fourth-order valence-electron chi connectivity index (χ4n) is 3.46. The van der Waals surface area contributed by atoms with E-state index in [9.17, 15) is 19.5 Å². The van der Waals surface area contributed by atoms with Crippen LogP contribution in [-0.4, -0.2) is 54.1 Å². The van der Waals surface area contributed by atoms with Crippen molar-refractivity contribution in [3.63, 3.8) is 0 Å². The fourth-order valence-corrected chi connectivity index (χ4v) is 3.46. The van der Waals surface area contributed by atoms with Gasteiger partial charge in [0.1, 0.15) is 0 Å². The number of carbonyl (C=O) groups excluding carboxylic acids is 2. The Kier molecular flexibility index (Phi) is 4.65. The average Bonchev–Trinajstić information content (AvgIpc) is 3.03. The van der Waals surface area contributed by atoms with Gasteiger partial charge < -0.3 is 20.2 Å². The zero-order valence-electron chi connectivity index (χ0n) is 14.3. The lowest BCUT2D eigenvalue weighted by molar-refractivity contribution is -0.147. The highest BCUT2D eigenvalue weighted by Gasteiger charge is 2.42. The van der Waals surface area contributed by atoms with Crippen LogP contribution in [0, 0.1) is 5.41 Å². The Morgan fingerprint density at radius 3 is 2.72 bits per heavy atom. The first kappa shape index (κ1) is 17.3. The van der Waals surface area contributed by atoms with E-state index >= 15 is 0 Å². The van der Waals surface area contributed by atoms with Gasteiger partial charge in [-0.3, -0.25) is 9.59 Å². The summed E-state index contributed by atoms with van der Waals surface area (Å²) in [4.78, 5) is 39.2. The van der Waals surface area contributed by atoms with Gasteiger partial charge in [0, 0.05) is 25.3 Å². The number of rotatable bonds is 3. The Labute approximate surface area is 146 Å². The Morgan fingerprint density at radius 2 is 2.00 bits per heavy atom.